The van der Waals surface area contributed by atoms with E-state index >= 15 is 0 Å². The minimum atomic E-state index is -3.81. The van der Waals surface area contributed by atoms with Crippen LogP contribution >= 0.6 is 11.3 Å². The highest BCUT2D eigenvalue weighted by Crippen LogP contribution is 2.25. The topological polar surface area (TPSA) is 79.4 Å². The van der Waals surface area contributed by atoms with Crippen molar-refractivity contribution in [2.45, 2.75) is 31.6 Å². The molecule has 29 heavy (non-hydrogen) atoms. The van der Waals surface area contributed by atoms with Crippen molar-refractivity contribution in [2.24, 2.45) is 0 Å². The number of aromatic nitrogens is 1. The van der Waals surface area contributed by atoms with Gasteiger partial charge in [-0.15, -0.1) is 11.3 Å². The molecule has 0 aliphatic rings. The van der Waals surface area contributed by atoms with Crippen LogP contribution in [0.4, 0.5) is 10.8 Å². The van der Waals surface area contributed by atoms with Gasteiger partial charge < -0.3 is 0 Å². The quantitative estimate of drug-likeness (QED) is 0.563. The Bertz CT molecular complexity index is 1080. The number of benzene rings is 2. The van der Waals surface area contributed by atoms with Gasteiger partial charge in [0.15, 0.2) is 5.13 Å². The highest BCUT2D eigenvalue weighted by Gasteiger charge is 2.25. The maximum absolute atomic E-state index is 13.4. The number of nitrogens with one attached hydrogen (secondary N) is 1. The van der Waals surface area contributed by atoms with Crippen LogP contribution in [0.3, 0.4) is 0 Å². The van der Waals surface area contributed by atoms with Crippen molar-refractivity contribution in [1.82, 2.24) is 4.98 Å². The number of para-hydroxylation sites is 1. The maximum atomic E-state index is 13.4. The molecule has 0 fully saturated rings. The molecule has 8 heteroatoms. The summed E-state index contributed by atoms with van der Waals surface area (Å²) in [4.78, 5) is 17.7. The Morgan fingerprint density at radius 2 is 1.90 bits per heavy atom. The van der Waals surface area contributed by atoms with Crippen molar-refractivity contribution in [3.8, 4) is 0 Å². The number of carbonyl (C=O) groups is 1. The van der Waals surface area contributed by atoms with E-state index in [4.69, 9.17) is 0 Å². The van der Waals surface area contributed by atoms with E-state index in [2.05, 4.69) is 10.3 Å². The zero-order valence-corrected chi connectivity index (χ0v) is 18.0. The average molecular weight is 430 g/mol. The molecule has 3 rings (SSSR count). The van der Waals surface area contributed by atoms with E-state index in [1.54, 1.807) is 30.5 Å². The Morgan fingerprint density at radius 1 is 1.14 bits per heavy atom. The summed E-state index contributed by atoms with van der Waals surface area (Å²) in [5.74, 6) is -0.392. The van der Waals surface area contributed by atoms with Crippen LogP contribution < -0.4 is 9.62 Å². The van der Waals surface area contributed by atoms with Crippen molar-refractivity contribution in [1.29, 1.82) is 0 Å². The standard InChI is InChI=1S/C21H23N3O3S2/c1-3-4-13-24(18-10-6-5-7-11-18)29(26,27)19-12-8-9-17(14-19)20(25)23-21-22-15-16(2)28-21/h5-12,14-15H,3-4,13H2,1-2H3,(H,22,23,25). The largest absolute Gasteiger partial charge is 0.298 e. The van der Waals surface area contributed by atoms with Crippen molar-refractivity contribution in [3.63, 3.8) is 0 Å². The number of amides is 1. The molecule has 152 valence electrons. The van der Waals surface area contributed by atoms with E-state index in [0.29, 0.717) is 17.4 Å². The lowest BCUT2D eigenvalue weighted by molar-refractivity contribution is 0.102. The first-order valence-corrected chi connectivity index (χ1v) is 11.6. The van der Waals surface area contributed by atoms with Crippen LogP contribution in [0.2, 0.25) is 0 Å². The fraction of sp³-hybridized carbons (Fsp3) is 0.238. The highest BCUT2D eigenvalue weighted by molar-refractivity contribution is 7.92. The number of carbonyl (C=O) groups excluding carboxylic acids is 1. The predicted molar refractivity (Wildman–Crippen MR) is 117 cm³/mol. The number of sulfonamides is 1. The molecule has 2 aromatic carbocycles. The Labute approximate surface area is 175 Å². The molecule has 0 saturated carbocycles. The van der Waals surface area contributed by atoms with Crippen LogP contribution in [-0.4, -0.2) is 25.9 Å². The van der Waals surface area contributed by atoms with E-state index in [0.717, 1.165) is 17.7 Å². The number of aryl methyl sites for hydroxylation is 1. The minimum absolute atomic E-state index is 0.0837. The number of unbranched alkanes of at least 4 members (excludes halogenated alkanes) is 1. The number of thiazole rings is 1. The third-order valence-electron chi connectivity index (χ3n) is 4.28. The molecular formula is C21H23N3O3S2. The summed E-state index contributed by atoms with van der Waals surface area (Å²) in [6, 6.07) is 15.1. The van der Waals surface area contributed by atoms with Gasteiger partial charge in [0.1, 0.15) is 0 Å². The SMILES string of the molecule is CCCCN(c1ccccc1)S(=O)(=O)c1cccc(C(=O)Nc2ncc(C)s2)c1. The van der Waals surface area contributed by atoms with Crippen molar-refractivity contribution >= 4 is 38.1 Å². The molecule has 0 spiro atoms. The zero-order chi connectivity index (χ0) is 20.9. The predicted octanol–water partition coefficient (Wildman–Crippen LogP) is 4.70. The number of hydrogen-bond acceptors (Lipinski definition) is 5. The van der Waals surface area contributed by atoms with Gasteiger partial charge in [0.25, 0.3) is 15.9 Å². The van der Waals surface area contributed by atoms with Gasteiger partial charge in [0.2, 0.25) is 0 Å². The Balaban J connectivity index is 1.91. The van der Waals surface area contributed by atoms with Crippen molar-refractivity contribution in [3.05, 3.63) is 71.2 Å². The lowest BCUT2D eigenvalue weighted by atomic mass is 10.2. The molecule has 0 bridgehead atoms. The Hall–Kier alpha value is -2.71. The molecule has 0 radical (unpaired) electrons. The molecular weight excluding hydrogens is 406 g/mol. The lowest BCUT2D eigenvalue weighted by Gasteiger charge is -2.24. The first-order chi connectivity index (χ1) is 13.9. The van der Waals surface area contributed by atoms with Gasteiger partial charge in [-0.1, -0.05) is 37.6 Å². The molecule has 6 nitrogen and oxygen atoms in total. The summed E-state index contributed by atoms with van der Waals surface area (Å²) in [5, 5.41) is 3.19. The lowest BCUT2D eigenvalue weighted by Crippen LogP contribution is -2.32. The normalized spacial score (nSPS) is 11.2. The van der Waals surface area contributed by atoms with E-state index < -0.39 is 15.9 Å². The van der Waals surface area contributed by atoms with Gasteiger partial charge >= 0.3 is 0 Å². The molecule has 1 aromatic heterocycles. The first-order valence-electron chi connectivity index (χ1n) is 9.33. The van der Waals surface area contributed by atoms with E-state index in [9.17, 15) is 13.2 Å². The molecule has 3 aromatic rings. The van der Waals surface area contributed by atoms with E-state index in [1.165, 1.54) is 27.8 Å². The smallest absolute Gasteiger partial charge is 0.264 e. The van der Waals surface area contributed by atoms with Crippen LogP contribution in [0, 0.1) is 6.92 Å². The van der Waals surface area contributed by atoms with Gasteiger partial charge in [-0.3, -0.25) is 14.4 Å². The van der Waals surface area contributed by atoms with Gasteiger partial charge in [0.05, 0.1) is 10.6 Å². The van der Waals surface area contributed by atoms with E-state index in [1.807, 2.05) is 32.0 Å². The summed E-state index contributed by atoms with van der Waals surface area (Å²) in [6.45, 7) is 4.29. The van der Waals surface area contributed by atoms with Crippen LogP contribution in [0.1, 0.15) is 35.0 Å². The molecule has 1 amide bonds. The third-order valence-corrected chi connectivity index (χ3v) is 6.94. The molecule has 0 aliphatic heterocycles. The Morgan fingerprint density at radius 3 is 2.55 bits per heavy atom. The van der Waals surface area contributed by atoms with Gasteiger partial charge in [-0.2, -0.15) is 0 Å². The minimum Gasteiger partial charge on any atom is -0.298 e. The number of nitrogens with zero attached hydrogens (tertiary/aromatic N) is 2. The summed E-state index contributed by atoms with van der Waals surface area (Å²) in [7, 11) is -3.81. The summed E-state index contributed by atoms with van der Waals surface area (Å²) >= 11 is 1.36. The molecule has 0 unspecified atom stereocenters. The molecule has 1 heterocycles. The van der Waals surface area contributed by atoms with Crippen LogP contribution in [-0.2, 0) is 10.0 Å². The second-order valence-corrected chi connectivity index (χ2v) is 9.62. The van der Waals surface area contributed by atoms with Crippen LogP contribution in [0.15, 0.2) is 65.7 Å². The Kier molecular flexibility index (Phi) is 6.66. The second kappa shape index (κ2) is 9.19. The summed E-state index contributed by atoms with van der Waals surface area (Å²) in [5.41, 5.74) is 0.872. The fourth-order valence-electron chi connectivity index (χ4n) is 2.79. The van der Waals surface area contributed by atoms with Crippen LogP contribution in [0.5, 0.6) is 0 Å². The maximum Gasteiger partial charge on any atom is 0.264 e. The number of anilines is 2. The van der Waals surface area contributed by atoms with Crippen molar-refractivity contribution < 1.29 is 13.2 Å². The van der Waals surface area contributed by atoms with Gasteiger partial charge in [0, 0.05) is 23.2 Å². The zero-order valence-electron chi connectivity index (χ0n) is 16.3. The summed E-state index contributed by atoms with van der Waals surface area (Å²) in [6.07, 6.45) is 3.28. The highest BCUT2D eigenvalue weighted by atomic mass is 32.2. The number of rotatable bonds is 8. The van der Waals surface area contributed by atoms with Crippen LogP contribution in [0.25, 0.3) is 0 Å². The first kappa shape index (κ1) is 21.0. The van der Waals surface area contributed by atoms with Gasteiger partial charge in [-0.25, -0.2) is 13.4 Å². The molecule has 0 aliphatic carbocycles. The molecule has 0 saturated heterocycles. The fourth-order valence-corrected chi connectivity index (χ4v) is 5.00. The van der Waals surface area contributed by atoms with Crippen molar-refractivity contribution in [2.75, 3.05) is 16.2 Å². The van der Waals surface area contributed by atoms with Gasteiger partial charge in [-0.05, 0) is 43.7 Å². The average Bonchev–Trinajstić information content (AvgIpc) is 3.13. The number of hydrogen-bond donors (Lipinski definition) is 1. The molecule has 1 N–H and O–H groups in total. The third kappa shape index (κ3) is 5.02. The molecule has 0 atom stereocenters. The monoisotopic (exact) mass is 429 g/mol. The summed E-state index contributed by atoms with van der Waals surface area (Å²) < 4.78 is 28.1. The second-order valence-electron chi connectivity index (χ2n) is 6.52. The van der Waals surface area contributed by atoms with E-state index in [-0.39, 0.29) is 10.5 Å².